The number of benzene rings is 2. The van der Waals surface area contributed by atoms with Gasteiger partial charge in [-0.3, -0.25) is 0 Å². The SMILES string of the molecule is COc1ccc(-c2nnc(SCc3ccc(C#N)cc3)o2)cc1. The van der Waals surface area contributed by atoms with E-state index in [4.69, 9.17) is 14.4 Å². The average Bonchev–Trinajstić information content (AvgIpc) is 3.09. The summed E-state index contributed by atoms with van der Waals surface area (Å²) >= 11 is 1.46. The highest BCUT2D eigenvalue weighted by molar-refractivity contribution is 7.98. The highest BCUT2D eigenvalue weighted by Crippen LogP contribution is 2.26. The first-order valence-electron chi connectivity index (χ1n) is 6.88. The Hall–Kier alpha value is -2.78. The molecule has 0 bridgehead atoms. The Kier molecular flexibility index (Phi) is 4.60. The van der Waals surface area contributed by atoms with E-state index in [1.165, 1.54) is 11.8 Å². The van der Waals surface area contributed by atoms with Crippen molar-refractivity contribution >= 4 is 11.8 Å². The molecule has 0 radical (unpaired) electrons. The quantitative estimate of drug-likeness (QED) is 0.663. The number of nitriles is 1. The molecule has 0 N–H and O–H groups in total. The molecule has 0 aliphatic heterocycles. The molecule has 2 aromatic carbocycles. The Labute approximate surface area is 137 Å². The van der Waals surface area contributed by atoms with Gasteiger partial charge in [0.25, 0.3) is 5.22 Å². The van der Waals surface area contributed by atoms with Crippen molar-refractivity contribution in [1.82, 2.24) is 10.2 Å². The van der Waals surface area contributed by atoms with Crippen LogP contribution in [-0.2, 0) is 5.75 Å². The standard InChI is InChI=1S/C17H13N3O2S/c1-21-15-8-6-14(7-9-15)16-19-20-17(22-16)23-11-13-4-2-12(10-18)3-5-13/h2-9H,11H2,1H3. The predicted molar refractivity (Wildman–Crippen MR) is 87.0 cm³/mol. The summed E-state index contributed by atoms with van der Waals surface area (Å²) in [6.45, 7) is 0. The van der Waals surface area contributed by atoms with Crippen molar-refractivity contribution in [2.45, 2.75) is 11.0 Å². The highest BCUT2D eigenvalue weighted by Gasteiger charge is 2.09. The molecule has 23 heavy (non-hydrogen) atoms. The van der Waals surface area contributed by atoms with Gasteiger partial charge in [0, 0.05) is 11.3 Å². The molecule has 5 nitrogen and oxygen atoms in total. The van der Waals surface area contributed by atoms with E-state index in [1.54, 1.807) is 19.2 Å². The van der Waals surface area contributed by atoms with Gasteiger partial charge in [-0.1, -0.05) is 23.9 Å². The second kappa shape index (κ2) is 6.99. The van der Waals surface area contributed by atoms with Gasteiger partial charge in [0.2, 0.25) is 5.89 Å². The van der Waals surface area contributed by atoms with Gasteiger partial charge in [0.05, 0.1) is 18.7 Å². The van der Waals surface area contributed by atoms with Crippen molar-refractivity contribution in [3.05, 3.63) is 59.7 Å². The maximum Gasteiger partial charge on any atom is 0.277 e. The van der Waals surface area contributed by atoms with Crippen LogP contribution in [0, 0.1) is 11.3 Å². The molecule has 0 saturated carbocycles. The molecule has 0 aliphatic carbocycles. The monoisotopic (exact) mass is 323 g/mol. The molecule has 6 heteroatoms. The fourth-order valence-corrected chi connectivity index (χ4v) is 2.66. The molecule has 0 atom stereocenters. The van der Waals surface area contributed by atoms with E-state index < -0.39 is 0 Å². The number of methoxy groups -OCH3 is 1. The van der Waals surface area contributed by atoms with Crippen LogP contribution in [0.1, 0.15) is 11.1 Å². The van der Waals surface area contributed by atoms with Crippen molar-refractivity contribution in [3.8, 4) is 23.3 Å². The first-order valence-corrected chi connectivity index (χ1v) is 7.87. The van der Waals surface area contributed by atoms with Crippen LogP contribution in [0.25, 0.3) is 11.5 Å². The Balaban J connectivity index is 1.65. The summed E-state index contributed by atoms with van der Waals surface area (Å²) in [5.41, 5.74) is 2.60. The van der Waals surface area contributed by atoms with E-state index in [0.29, 0.717) is 22.4 Å². The summed E-state index contributed by atoms with van der Waals surface area (Å²) in [6.07, 6.45) is 0. The number of hydrogen-bond acceptors (Lipinski definition) is 6. The molecule has 3 rings (SSSR count). The van der Waals surface area contributed by atoms with Crippen LogP contribution in [0.5, 0.6) is 5.75 Å². The van der Waals surface area contributed by atoms with Gasteiger partial charge < -0.3 is 9.15 Å². The van der Waals surface area contributed by atoms with Crippen LogP contribution in [0.4, 0.5) is 0 Å². The van der Waals surface area contributed by atoms with Gasteiger partial charge in [0.15, 0.2) is 0 Å². The Morgan fingerprint density at radius 3 is 2.48 bits per heavy atom. The topological polar surface area (TPSA) is 71.9 Å². The van der Waals surface area contributed by atoms with Gasteiger partial charge in [-0.05, 0) is 42.0 Å². The first-order chi connectivity index (χ1) is 11.3. The summed E-state index contributed by atoms with van der Waals surface area (Å²) in [6, 6.07) is 17.0. The smallest absolute Gasteiger partial charge is 0.277 e. The van der Waals surface area contributed by atoms with Crippen LogP contribution < -0.4 is 4.74 Å². The minimum Gasteiger partial charge on any atom is -0.497 e. The summed E-state index contributed by atoms with van der Waals surface area (Å²) < 4.78 is 10.8. The van der Waals surface area contributed by atoms with Crippen LogP contribution in [0.3, 0.4) is 0 Å². The van der Waals surface area contributed by atoms with Crippen molar-refractivity contribution < 1.29 is 9.15 Å². The van der Waals surface area contributed by atoms with E-state index in [-0.39, 0.29) is 0 Å². The summed E-state index contributed by atoms with van der Waals surface area (Å²) in [5.74, 6) is 1.97. The molecule has 1 heterocycles. The number of hydrogen-bond donors (Lipinski definition) is 0. The fraction of sp³-hybridized carbons (Fsp3) is 0.118. The van der Waals surface area contributed by atoms with Gasteiger partial charge >= 0.3 is 0 Å². The normalized spacial score (nSPS) is 10.3. The molecule has 3 aromatic rings. The largest absolute Gasteiger partial charge is 0.497 e. The highest BCUT2D eigenvalue weighted by atomic mass is 32.2. The minimum atomic E-state index is 0.481. The van der Waals surface area contributed by atoms with E-state index in [2.05, 4.69) is 16.3 Å². The molecule has 0 spiro atoms. The lowest BCUT2D eigenvalue weighted by Crippen LogP contribution is -1.82. The van der Waals surface area contributed by atoms with Gasteiger partial charge in [0.1, 0.15) is 5.75 Å². The number of rotatable bonds is 5. The molecule has 1 aromatic heterocycles. The van der Waals surface area contributed by atoms with Crippen molar-refractivity contribution in [2.75, 3.05) is 7.11 Å². The second-order valence-corrected chi connectivity index (χ2v) is 5.63. The second-order valence-electron chi connectivity index (χ2n) is 4.70. The molecular weight excluding hydrogens is 310 g/mol. The first kappa shape index (κ1) is 15.1. The van der Waals surface area contributed by atoms with Crippen LogP contribution in [-0.4, -0.2) is 17.3 Å². The van der Waals surface area contributed by atoms with Crippen LogP contribution in [0.2, 0.25) is 0 Å². The lowest BCUT2D eigenvalue weighted by molar-refractivity contribution is 0.414. The van der Waals surface area contributed by atoms with Crippen LogP contribution >= 0.6 is 11.8 Å². The molecule has 0 saturated heterocycles. The summed E-state index contributed by atoms with van der Waals surface area (Å²) in [5, 5.41) is 17.4. The maximum atomic E-state index is 8.78. The minimum absolute atomic E-state index is 0.481. The van der Waals surface area contributed by atoms with Crippen molar-refractivity contribution in [1.29, 1.82) is 5.26 Å². The van der Waals surface area contributed by atoms with E-state index >= 15 is 0 Å². The lowest BCUT2D eigenvalue weighted by atomic mass is 10.2. The molecule has 114 valence electrons. The third kappa shape index (κ3) is 3.71. The predicted octanol–water partition coefficient (Wildman–Crippen LogP) is 3.91. The Morgan fingerprint density at radius 1 is 1.09 bits per heavy atom. The third-order valence-corrected chi connectivity index (χ3v) is 4.08. The van der Waals surface area contributed by atoms with Crippen molar-refractivity contribution in [3.63, 3.8) is 0 Å². The number of ether oxygens (including phenoxy) is 1. The zero-order valence-corrected chi connectivity index (χ0v) is 13.2. The van der Waals surface area contributed by atoms with Gasteiger partial charge in [-0.2, -0.15) is 5.26 Å². The van der Waals surface area contributed by atoms with E-state index in [1.807, 2.05) is 36.4 Å². The zero-order chi connectivity index (χ0) is 16.1. The molecular formula is C17H13N3O2S. The van der Waals surface area contributed by atoms with Crippen molar-refractivity contribution in [2.24, 2.45) is 0 Å². The maximum absolute atomic E-state index is 8.78. The Bertz CT molecular complexity index is 820. The molecule has 0 amide bonds. The van der Waals surface area contributed by atoms with Gasteiger partial charge in [-0.15, -0.1) is 10.2 Å². The summed E-state index contributed by atoms with van der Waals surface area (Å²) in [7, 11) is 1.62. The van der Waals surface area contributed by atoms with Gasteiger partial charge in [-0.25, -0.2) is 0 Å². The average molecular weight is 323 g/mol. The van der Waals surface area contributed by atoms with E-state index in [9.17, 15) is 0 Å². The fourth-order valence-electron chi connectivity index (χ4n) is 1.94. The number of nitrogens with zero attached hydrogens (tertiary/aromatic N) is 3. The summed E-state index contributed by atoms with van der Waals surface area (Å²) in [4.78, 5) is 0. The molecule has 0 fully saturated rings. The third-order valence-electron chi connectivity index (χ3n) is 3.19. The number of aromatic nitrogens is 2. The van der Waals surface area contributed by atoms with E-state index in [0.717, 1.165) is 16.9 Å². The molecule has 0 aliphatic rings. The molecule has 0 unspecified atom stereocenters. The number of thioether (sulfide) groups is 1. The zero-order valence-electron chi connectivity index (χ0n) is 12.4. The lowest BCUT2D eigenvalue weighted by Gasteiger charge is -1.99. The Morgan fingerprint density at radius 2 is 1.83 bits per heavy atom. The van der Waals surface area contributed by atoms with Crippen LogP contribution in [0.15, 0.2) is 58.2 Å².